The van der Waals surface area contributed by atoms with Crippen molar-refractivity contribution in [1.82, 2.24) is 4.72 Å². The van der Waals surface area contributed by atoms with E-state index in [0.29, 0.717) is 0 Å². The van der Waals surface area contributed by atoms with Crippen LogP contribution in [0, 0.1) is 11.8 Å². The average Bonchev–Trinajstić information content (AvgIpc) is 2.32. The fourth-order valence-electron chi connectivity index (χ4n) is 2.28. The standard InChI is InChI=1S/C13H20F3NO6S/c1-12(2,3)23-11(19)9(17-24(20,21)13(14,15)16)7-5-6-8(7)10(18)22-4/h7-9,17H,5-6H2,1-4H3/t7-,8-,9-/m0/s1. The van der Waals surface area contributed by atoms with Crippen molar-refractivity contribution in [2.24, 2.45) is 11.8 Å². The Morgan fingerprint density at radius 3 is 2.04 bits per heavy atom. The summed E-state index contributed by atoms with van der Waals surface area (Å²) < 4.78 is 71.4. The maximum atomic E-state index is 12.6. The van der Waals surface area contributed by atoms with Crippen LogP contribution < -0.4 is 4.72 Å². The molecule has 140 valence electrons. The quantitative estimate of drug-likeness (QED) is 0.728. The van der Waals surface area contributed by atoms with E-state index in [-0.39, 0.29) is 12.8 Å². The fraction of sp³-hybridized carbons (Fsp3) is 0.846. The van der Waals surface area contributed by atoms with E-state index in [9.17, 15) is 31.2 Å². The fourth-order valence-corrected chi connectivity index (χ4v) is 3.02. The third-order valence-electron chi connectivity index (χ3n) is 3.51. The lowest BCUT2D eigenvalue weighted by atomic mass is 9.70. The van der Waals surface area contributed by atoms with Gasteiger partial charge in [-0.3, -0.25) is 9.59 Å². The van der Waals surface area contributed by atoms with Crippen molar-refractivity contribution in [3.05, 3.63) is 0 Å². The molecule has 0 aromatic carbocycles. The van der Waals surface area contributed by atoms with Crippen molar-refractivity contribution < 1.29 is 40.7 Å². The third-order valence-corrected chi connectivity index (χ3v) is 4.68. The van der Waals surface area contributed by atoms with Crippen molar-refractivity contribution in [3.8, 4) is 0 Å². The minimum absolute atomic E-state index is 0.185. The van der Waals surface area contributed by atoms with Gasteiger partial charge in [-0.05, 0) is 39.5 Å². The van der Waals surface area contributed by atoms with Crippen molar-refractivity contribution in [1.29, 1.82) is 0 Å². The number of ether oxygens (including phenoxy) is 2. The summed E-state index contributed by atoms with van der Waals surface area (Å²) in [4.78, 5) is 23.8. The van der Waals surface area contributed by atoms with E-state index in [1.807, 2.05) is 0 Å². The smallest absolute Gasteiger partial charge is 0.469 e. The molecule has 1 fully saturated rings. The van der Waals surface area contributed by atoms with E-state index in [1.165, 1.54) is 25.5 Å². The number of halogens is 3. The number of rotatable bonds is 5. The Hall–Kier alpha value is -1.36. The van der Waals surface area contributed by atoms with Gasteiger partial charge < -0.3 is 9.47 Å². The lowest BCUT2D eigenvalue weighted by molar-refractivity contribution is -0.163. The molecule has 0 spiro atoms. The highest BCUT2D eigenvalue weighted by atomic mass is 32.2. The second kappa shape index (κ2) is 6.87. The number of carbonyl (C=O) groups is 2. The Bertz CT molecular complexity index is 596. The van der Waals surface area contributed by atoms with Crippen LogP contribution in [0.5, 0.6) is 0 Å². The van der Waals surface area contributed by atoms with Gasteiger partial charge in [-0.15, -0.1) is 0 Å². The van der Waals surface area contributed by atoms with Gasteiger partial charge in [0.2, 0.25) is 0 Å². The van der Waals surface area contributed by atoms with Crippen molar-refractivity contribution in [3.63, 3.8) is 0 Å². The lowest BCUT2D eigenvalue weighted by Crippen LogP contribution is -2.56. The number of hydrogen-bond donors (Lipinski definition) is 1. The second-order valence-corrected chi connectivity index (χ2v) is 8.15. The van der Waals surface area contributed by atoms with Crippen molar-refractivity contribution >= 4 is 22.0 Å². The summed E-state index contributed by atoms with van der Waals surface area (Å²) in [5.74, 6) is -3.73. The third kappa shape index (κ3) is 4.82. The van der Waals surface area contributed by atoms with Gasteiger partial charge in [0.15, 0.2) is 0 Å². The number of sulfonamides is 1. The molecule has 1 N–H and O–H groups in total. The molecule has 1 rings (SSSR count). The maximum Gasteiger partial charge on any atom is 0.511 e. The van der Waals surface area contributed by atoms with Gasteiger partial charge in [-0.25, -0.2) is 8.42 Å². The summed E-state index contributed by atoms with van der Waals surface area (Å²) in [6.45, 7) is 4.45. The molecule has 0 amide bonds. The molecule has 0 saturated heterocycles. The number of esters is 2. The zero-order valence-electron chi connectivity index (χ0n) is 13.6. The van der Waals surface area contributed by atoms with Crippen LogP contribution >= 0.6 is 0 Å². The predicted molar refractivity (Wildman–Crippen MR) is 76.0 cm³/mol. The first kappa shape index (κ1) is 20.7. The largest absolute Gasteiger partial charge is 0.511 e. The minimum Gasteiger partial charge on any atom is -0.469 e. The Morgan fingerprint density at radius 2 is 1.71 bits per heavy atom. The number of nitrogens with one attached hydrogen (secondary N) is 1. The highest BCUT2D eigenvalue weighted by Crippen LogP contribution is 2.39. The molecule has 3 atom stereocenters. The van der Waals surface area contributed by atoms with Crippen LogP contribution in [0.4, 0.5) is 13.2 Å². The normalized spacial score (nSPS) is 23.1. The van der Waals surface area contributed by atoms with E-state index < -0.39 is 50.9 Å². The topological polar surface area (TPSA) is 98.8 Å². The molecule has 0 aromatic heterocycles. The van der Waals surface area contributed by atoms with Crippen LogP contribution in [-0.4, -0.2) is 44.6 Å². The summed E-state index contributed by atoms with van der Waals surface area (Å²) in [7, 11) is -4.68. The molecule has 0 unspecified atom stereocenters. The monoisotopic (exact) mass is 375 g/mol. The van der Waals surface area contributed by atoms with E-state index in [0.717, 1.165) is 7.11 Å². The van der Waals surface area contributed by atoms with E-state index in [4.69, 9.17) is 4.74 Å². The zero-order valence-corrected chi connectivity index (χ0v) is 14.5. The van der Waals surface area contributed by atoms with Crippen LogP contribution in [0.25, 0.3) is 0 Å². The molecule has 0 heterocycles. The first-order valence-corrected chi connectivity index (χ1v) is 8.57. The van der Waals surface area contributed by atoms with E-state index in [2.05, 4.69) is 4.74 Å². The molecular formula is C13H20F3NO6S. The van der Waals surface area contributed by atoms with Crippen LogP contribution in [0.15, 0.2) is 0 Å². The Labute approximate surface area is 137 Å². The summed E-state index contributed by atoms with van der Waals surface area (Å²) in [5, 5.41) is 0. The molecule has 1 saturated carbocycles. The van der Waals surface area contributed by atoms with E-state index >= 15 is 0 Å². The minimum atomic E-state index is -5.78. The SMILES string of the molecule is COC(=O)[C@H]1CC[C@@H]1[C@H](NS(=O)(=O)C(F)(F)F)C(=O)OC(C)(C)C. The summed E-state index contributed by atoms with van der Waals surface area (Å²) in [6, 6.07) is -1.83. The van der Waals surface area contributed by atoms with Crippen molar-refractivity contribution in [2.75, 3.05) is 7.11 Å². The van der Waals surface area contributed by atoms with E-state index in [1.54, 1.807) is 0 Å². The van der Waals surface area contributed by atoms with Gasteiger partial charge in [-0.1, -0.05) is 0 Å². The van der Waals surface area contributed by atoms with Crippen LogP contribution in [0.1, 0.15) is 33.6 Å². The number of methoxy groups -OCH3 is 1. The highest BCUT2D eigenvalue weighted by molar-refractivity contribution is 7.90. The van der Waals surface area contributed by atoms with Gasteiger partial charge in [0.05, 0.1) is 13.0 Å². The predicted octanol–water partition coefficient (Wildman–Crippen LogP) is 1.34. The van der Waals surface area contributed by atoms with Gasteiger partial charge in [0.1, 0.15) is 11.6 Å². The van der Waals surface area contributed by atoms with Crippen LogP contribution in [0.3, 0.4) is 0 Å². The molecule has 0 radical (unpaired) electrons. The lowest BCUT2D eigenvalue weighted by Gasteiger charge is -2.39. The summed E-state index contributed by atoms with van der Waals surface area (Å²) >= 11 is 0. The maximum absolute atomic E-state index is 12.6. The van der Waals surface area contributed by atoms with Gasteiger partial charge >= 0.3 is 27.5 Å². The molecular weight excluding hydrogens is 355 g/mol. The average molecular weight is 375 g/mol. The van der Waals surface area contributed by atoms with Gasteiger partial charge in [0.25, 0.3) is 0 Å². The Kier molecular flexibility index (Phi) is 5.92. The summed E-state index contributed by atoms with van der Waals surface area (Å²) in [5.41, 5.74) is -6.62. The molecule has 11 heteroatoms. The second-order valence-electron chi connectivity index (χ2n) is 6.45. The zero-order chi connectivity index (χ0) is 18.9. The van der Waals surface area contributed by atoms with Gasteiger partial charge in [-0.2, -0.15) is 17.9 Å². The molecule has 0 bridgehead atoms. The molecule has 24 heavy (non-hydrogen) atoms. The molecule has 1 aliphatic rings. The molecule has 1 aliphatic carbocycles. The Balaban J connectivity index is 3.09. The number of carbonyl (C=O) groups excluding carboxylic acids is 2. The molecule has 0 aromatic rings. The van der Waals surface area contributed by atoms with Crippen molar-refractivity contribution in [2.45, 2.75) is 50.8 Å². The van der Waals surface area contributed by atoms with Crippen LogP contribution in [0.2, 0.25) is 0 Å². The first-order chi connectivity index (χ1) is 10.7. The number of hydrogen-bond acceptors (Lipinski definition) is 6. The molecule has 0 aliphatic heterocycles. The molecule has 7 nitrogen and oxygen atoms in total. The Morgan fingerprint density at radius 1 is 1.17 bits per heavy atom. The highest BCUT2D eigenvalue weighted by Gasteiger charge is 2.53. The van der Waals surface area contributed by atoms with Gasteiger partial charge in [0, 0.05) is 0 Å². The summed E-state index contributed by atoms with van der Waals surface area (Å²) in [6.07, 6.45) is 0.467. The first-order valence-electron chi connectivity index (χ1n) is 7.09. The van der Waals surface area contributed by atoms with Crippen LogP contribution in [-0.2, 0) is 29.1 Å². The number of alkyl halides is 3.